The Morgan fingerprint density at radius 3 is 1.87 bits per heavy atom. The van der Waals surface area contributed by atoms with E-state index in [1.165, 1.54) is 92.2 Å². The van der Waals surface area contributed by atoms with E-state index in [1.807, 2.05) is 11.3 Å². The lowest BCUT2D eigenvalue weighted by Gasteiger charge is -2.43. The molecule has 2 aliphatic heterocycles. The zero-order valence-electron chi connectivity index (χ0n) is 24.8. The smallest absolute Gasteiger partial charge is 0.329 e. The lowest BCUT2D eigenvalue weighted by Crippen LogP contribution is -2.59. The summed E-state index contributed by atoms with van der Waals surface area (Å²) in [5, 5.41) is 5.25. The van der Waals surface area contributed by atoms with Crippen LogP contribution in [0.4, 0.5) is 11.4 Å². The van der Waals surface area contributed by atoms with E-state index < -0.39 is 0 Å². The van der Waals surface area contributed by atoms with Crippen LogP contribution in [-0.4, -0.2) is 11.4 Å². The Hall–Kier alpha value is -5.58. The number of para-hydroxylation sites is 4. The van der Waals surface area contributed by atoms with Gasteiger partial charge in [0.15, 0.2) is 0 Å². The Morgan fingerprint density at radius 2 is 1.04 bits per heavy atom. The van der Waals surface area contributed by atoms with Crippen molar-refractivity contribution in [1.82, 2.24) is 4.57 Å². The van der Waals surface area contributed by atoms with Gasteiger partial charge in [-0.05, 0) is 76.6 Å². The van der Waals surface area contributed by atoms with Crippen LogP contribution >= 0.6 is 11.3 Å². The summed E-state index contributed by atoms with van der Waals surface area (Å²) in [6.45, 7) is 0.107. The molecule has 0 fully saturated rings. The van der Waals surface area contributed by atoms with Gasteiger partial charge < -0.3 is 9.38 Å². The van der Waals surface area contributed by atoms with E-state index in [2.05, 4.69) is 161 Å². The number of rotatable bonds is 1. The molecule has 46 heavy (non-hydrogen) atoms. The van der Waals surface area contributed by atoms with Gasteiger partial charge in [-0.1, -0.05) is 97.1 Å². The molecular weight excluding hydrogens is 575 g/mol. The van der Waals surface area contributed by atoms with Crippen molar-refractivity contribution in [2.45, 2.75) is 0 Å². The van der Waals surface area contributed by atoms with Gasteiger partial charge in [0.2, 0.25) is 0 Å². The number of hydrogen-bond acceptors (Lipinski definition) is 2. The van der Waals surface area contributed by atoms with Crippen molar-refractivity contribution in [1.29, 1.82) is 0 Å². The molecule has 4 heteroatoms. The Labute approximate surface area is 270 Å². The number of fused-ring (bicyclic) bond motifs is 17. The van der Waals surface area contributed by atoms with Crippen molar-refractivity contribution in [2.24, 2.45) is 0 Å². The van der Waals surface area contributed by atoms with Gasteiger partial charge in [-0.25, -0.2) is 0 Å². The summed E-state index contributed by atoms with van der Waals surface area (Å²) >= 11 is 1.92. The maximum Gasteiger partial charge on any atom is 0.329 e. The highest BCUT2D eigenvalue weighted by molar-refractivity contribution is 7.26. The molecule has 11 rings (SSSR count). The molecule has 0 saturated heterocycles. The molecule has 212 valence electrons. The van der Waals surface area contributed by atoms with Crippen LogP contribution in [-0.2, 0) is 0 Å². The molecule has 0 bridgehead atoms. The summed E-state index contributed by atoms with van der Waals surface area (Å²) in [6.07, 6.45) is 0. The largest absolute Gasteiger partial charge is 0.376 e. The van der Waals surface area contributed by atoms with Gasteiger partial charge >= 0.3 is 6.85 Å². The van der Waals surface area contributed by atoms with E-state index in [9.17, 15) is 0 Å². The quantitative estimate of drug-likeness (QED) is 0.170. The average molecular weight is 601 g/mol. The number of benzene rings is 7. The second-order valence-corrected chi connectivity index (χ2v) is 13.6. The van der Waals surface area contributed by atoms with Crippen LogP contribution in [0.2, 0.25) is 0 Å². The standard InChI is InChI=1S/C42H25BN2S/c1-2-12-26(13-3-1)44-37-19-9-5-17-30(37)32-24-41-34(23-40(32)44)33-22-31-29-16-7-11-21-39(29)45-38-20-10-6-15-28(38)27-14-4-8-18-35(27)43(45)36(31)25-42(33)46-41/h1-25H. The second-order valence-electron chi connectivity index (χ2n) is 12.5. The molecule has 0 radical (unpaired) electrons. The normalized spacial score (nSPS) is 13.1. The first-order valence-electron chi connectivity index (χ1n) is 15.9. The third-order valence-corrected chi connectivity index (χ3v) is 11.3. The summed E-state index contributed by atoms with van der Waals surface area (Å²) in [6, 6.07) is 56.3. The van der Waals surface area contributed by atoms with Crippen LogP contribution in [0.3, 0.4) is 0 Å². The van der Waals surface area contributed by atoms with Crippen molar-refractivity contribution >= 4 is 82.5 Å². The molecule has 2 aromatic heterocycles. The minimum Gasteiger partial charge on any atom is -0.376 e. The highest BCUT2D eigenvalue weighted by Crippen LogP contribution is 2.48. The molecule has 0 aliphatic carbocycles. The first-order valence-corrected chi connectivity index (χ1v) is 16.7. The zero-order chi connectivity index (χ0) is 29.9. The van der Waals surface area contributed by atoms with Gasteiger partial charge in [-0.15, -0.1) is 11.3 Å². The first kappa shape index (κ1) is 24.7. The van der Waals surface area contributed by atoms with Crippen LogP contribution in [0, 0.1) is 0 Å². The molecule has 9 aromatic rings. The summed E-state index contributed by atoms with van der Waals surface area (Å²) in [7, 11) is 0. The fraction of sp³-hybridized carbons (Fsp3) is 0. The van der Waals surface area contributed by atoms with E-state index in [4.69, 9.17) is 0 Å². The van der Waals surface area contributed by atoms with Crippen LogP contribution in [0.15, 0.2) is 152 Å². The summed E-state index contributed by atoms with van der Waals surface area (Å²) < 4.78 is 5.10. The fourth-order valence-corrected chi connectivity index (χ4v) is 9.43. The average Bonchev–Trinajstić information content (AvgIpc) is 3.64. The summed E-state index contributed by atoms with van der Waals surface area (Å²) in [4.78, 5) is 2.58. The zero-order valence-corrected chi connectivity index (χ0v) is 25.6. The molecule has 0 unspecified atom stereocenters. The molecule has 0 amide bonds. The van der Waals surface area contributed by atoms with Crippen molar-refractivity contribution < 1.29 is 0 Å². The minimum atomic E-state index is 0.107. The van der Waals surface area contributed by atoms with Gasteiger partial charge in [0.05, 0.1) is 11.0 Å². The van der Waals surface area contributed by atoms with Gasteiger partial charge in [0.25, 0.3) is 0 Å². The molecule has 0 N–H and O–H groups in total. The molecule has 0 spiro atoms. The first-order chi connectivity index (χ1) is 22.8. The van der Waals surface area contributed by atoms with E-state index >= 15 is 0 Å². The molecule has 0 atom stereocenters. The Balaban J connectivity index is 1.23. The van der Waals surface area contributed by atoms with Gasteiger partial charge in [-0.2, -0.15) is 0 Å². The molecule has 2 aliphatic rings. The molecule has 0 saturated carbocycles. The van der Waals surface area contributed by atoms with Gasteiger partial charge in [0, 0.05) is 59.1 Å². The number of anilines is 2. The maximum absolute atomic E-state index is 2.58. The van der Waals surface area contributed by atoms with Crippen molar-refractivity contribution in [3.8, 4) is 27.9 Å². The fourth-order valence-electron chi connectivity index (χ4n) is 8.27. The number of nitrogens with zero attached hydrogens (tertiary/aromatic N) is 2. The van der Waals surface area contributed by atoms with Crippen LogP contribution in [0.1, 0.15) is 0 Å². The second kappa shape index (κ2) is 9.00. The van der Waals surface area contributed by atoms with Gasteiger partial charge in [-0.3, -0.25) is 0 Å². The summed E-state index contributed by atoms with van der Waals surface area (Å²) in [5.74, 6) is 0. The minimum absolute atomic E-state index is 0.107. The lowest BCUT2D eigenvalue weighted by atomic mass is 9.43. The topological polar surface area (TPSA) is 8.17 Å². The van der Waals surface area contributed by atoms with Crippen molar-refractivity contribution in [3.63, 3.8) is 0 Å². The van der Waals surface area contributed by atoms with E-state index in [0.717, 1.165) is 0 Å². The van der Waals surface area contributed by atoms with Crippen LogP contribution in [0.25, 0.3) is 69.9 Å². The molecule has 2 nitrogen and oxygen atoms in total. The Kier molecular flexibility index (Phi) is 4.83. The SMILES string of the molecule is c1ccc(-n2c3ccccc3c3cc4sc5cc6c(cc5c4cc32)-c2ccccc2N2B6c3ccccc3-c3ccccc32)cc1. The molecule has 7 aromatic carbocycles. The van der Waals surface area contributed by atoms with E-state index in [0.29, 0.717) is 0 Å². The Morgan fingerprint density at radius 1 is 0.413 bits per heavy atom. The predicted octanol–water partition coefficient (Wildman–Crippen LogP) is 10.1. The Bertz CT molecular complexity index is 2720. The predicted molar refractivity (Wildman–Crippen MR) is 198 cm³/mol. The van der Waals surface area contributed by atoms with Crippen molar-refractivity contribution in [2.75, 3.05) is 4.81 Å². The third-order valence-electron chi connectivity index (χ3n) is 10.2. The van der Waals surface area contributed by atoms with E-state index in [1.54, 1.807) is 0 Å². The third kappa shape index (κ3) is 3.16. The molecule has 4 heterocycles. The van der Waals surface area contributed by atoms with Gasteiger partial charge in [0.1, 0.15) is 0 Å². The van der Waals surface area contributed by atoms with Crippen LogP contribution in [0.5, 0.6) is 0 Å². The number of aromatic nitrogens is 1. The number of thiophene rings is 1. The molecular formula is C42H25BN2S. The monoisotopic (exact) mass is 600 g/mol. The maximum atomic E-state index is 2.58. The lowest BCUT2D eigenvalue weighted by molar-refractivity contribution is 1.18. The number of hydrogen-bond donors (Lipinski definition) is 0. The van der Waals surface area contributed by atoms with Crippen molar-refractivity contribution in [3.05, 3.63) is 152 Å². The highest BCUT2D eigenvalue weighted by Gasteiger charge is 2.42. The van der Waals surface area contributed by atoms with E-state index in [-0.39, 0.29) is 6.85 Å². The highest BCUT2D eigenvalue weighted by atomic mass is 32.1. The van der Waals surface area contributed by atoms with Crippen LogP contribution < -0.4 is 15.7 Å². The summed E-state index contributed by atoms with van der Waals surface area (Å²) in [5.41, 5.74) is 14.2.